The zero-order valence-electron chi connectivity index (χ0n) is 9.60. The molecule has 4 heteroatoms. The Morgan fingerprint density at radius 2 is 2.29 bits per heavy atom. The van der Waals surface area contributed by atoms with Crippen molar-refractivity contribution in [3.05, 3.63) is 30.5 Å². The number of aromatic nitrogens is 2. The molecule has 1 saturated heterocycles. The molecule has 0 bridgehead atoms. The summed E-state index contributed by atoms with van der Waals surface area (Å²) in [6, 6.07) is 8.12. The highest BCUT2D eigenvalue weighted by Crippen LogP contribution is 2.20. The van der Waals surface area contributed by atoms with Gasteiger partial charge in [-0.05, 0) is 12.8 Å². The molecule has 1 N–H and O–H groups in total. The maximum Gasteiger partial charge on any atom is 0.156 e. The Hall–Kier alpha value is -1.68. The molecule has 0 saturated carbocycles. The maximum absolute atomic E-state index is 5.58. The van der Waals surface area contributed by atoms with Crippen LogP contribution in [0.15, 0.2) is 30.5 Å². The van der Waals surface area contributed by atoms with E-state index in [-0.39, 0.29) is 0 Å². The number of anilines is 1. The second-order valence-corrected chi connectivity index (χ2v) is 4.30. The molecule has 2 aromatic rings. The largest absolute Gasteiger partial charge is 0.376 e. The summed E-state index contributed by atoms with van der Waals surface area (Å²) in [6.45, 7) is 1.69. The molecule has 0 spiro atoms. The van der Waals surface area contributed by atoms with Gasteiger partial charge in [0.05, 0.1) is 12.3 Å². The number of hydrogen-bond acceptors (Lipinski definition) is 4. The molecule has 0 amide bonds. The highest BCUT2D eigenvalue weighted by atomic mass is 16.5. The zero-order chi connectivity index (χ0) is 11.5. The van der Waals surface area contributed by atoms with Gasteiger partial charge in [-0.2, -0.15) is 5.10 Å². The number of rotatable bonds is 3. The van der Waals surface area contributed by atoms with E-state index in [2.05, 4.69) is 21.6 Å². The van der Waals surface area contributed by atoms with Crippen LogP contribution in [-0.2, 0) is 4.74 Å². The lowest BCUT2D eigenvalue weighted by Crippen LogP contribution is -2.19. The molecule has 2 heterocycles. The van der Waals surface area contributed by atoms with Crippen molar-refractivity contribution >= 4 is 16.6 Å². The number of hydrogen-bond donors (Lipinski definition) is 1. The number of nitrogens with zero attached hydrogens (tertiary/aromatic N) is 2. The van der Waals surface area contributed by atoms with Crippen molar-refractivity contribution in [2.24, 2.45) is 0 Å². The molecule has 1 aliphatic rings. The summed E-state index contributed by atoms with van der Waals surface area (Å²) < 4.78 is 5.58. The van der Waals surface area contributed by atoms with Gasteiger partial charge in [0.1, 0.15) is 0 Å². The first-order valence-corrected chi connectivity index (χ1v) is 5.99. The van der Waals surface area contributed by atoms with Crippen LogP contribution in [-0.4, -0.2) is 29.5 Å². The monoisotopic (exact) mass is 229 g/mol. The Morgan fingerprint density at radius 1 is 1.35 bits per heavy atom. The lowest BCUT2D eigenvalue weighted by molar-refractivity contribution is 0.120. The second kappa shape index (κ2) is 4.67. The third-order valence-corrected chi connectivity index (χ3v) is 3.09. The normalized spacial score (nSPS) is 19.6. The van der Waals surface area contributed by atoms with Crippen molar-refractivity contribution < 1.29 is 4.74 Å². The summed E-state index contributed by atoms with van der Waals surface area (Å²) in [4.78, 5) is 0. The van der Waals surface area contributed by atoms with E-state index < -0.39 is 0 Å². The molecule has 1 aromatic heterocycles. The van der Waals surface area contributed by atoms with E-state index in [0.717, 1.165) is 42.6 Å². The predicted molar refractivity (Wildman–Crippen MR) is 67.0 cm³/mol. The van der Waals surface area contributed by atoms with Gasteiger partial charge in [0.2, 0.25) is 0 Å². The number of fused-ring (bicyclic) bond motifs is 1. The summed E-state index contributed by atoms with van der Waals surface area (Å²) in [6.07, 6.45) is 4.39. The van der Waals surface area contributed by atoms with Crippen LogP contribution < -0.4 is 5.32 Å². The van der Waals surface area contributed by atoms with Crippen LogP contribution in [0, 0.1) is 0 Å². The molecule has 3 rings (SSSR count). The SMILES string of the molecule is c1ccc2c(NCC3CCCO3)nncc2c1. The molecular formula is C13H15N3O. The van der Waals surface area contributed by atoms with Crippen LogP contribution in [0.1, 0.15) is 12.8 Å². The zero-order valence-corrected chi connectivity index (χ0v) is 9.60. The molecule has 88 valence electrons. The van der Waals surface area contributed by atoms with Gasteiger partial charge in [-0.15, -0.1) is 5.10 Å². The van der Waals surface area contributed by atoms with E-state index in [0.29, 0.717) is 6.10 Å². The standard InChI is InChI=1S/C13H15N3O/c1-2-6-12-10(4-1)8-15-16-13(12)14-9-11-5-3-7-17-11/h1-2,4,6,8,11H,3,5,7,9H2,(H,14,16). The van der Waals surface area contributed by atoms with Crippen LogP contribution in [0.25, 0.3) is 10.8 Å². The van der Waals surface area contributed by atoms with Gasteiger partial charge in [0, 0.05) is 23.9 Å². The van der Waals surface area contributed by atoms with Gasteiger partial charge < -0.3 is 10.1 Å². The van der Waals surface area contributed by atoms with Crippen molar-refractivity contribution in [3.8, 4) is 0 Å². The van der Waals surface area contributed by atoms with Crippen molar-refractivity contribution in [1.29, 1.82) is 0 Å². The van der Waals surface area contributed by atoms with E-state index in [1.165, 1.54) is 0 Å². The molecule has 1 unspecified atom stereocenters. The highest BCUT2D eigenvalue weighted by molar-refractivity contribution is 5.90. The van der Waals surface area contributed by atoms with Gasteiger partial charge in [-0.1, -0.05) is 24.3 Å². The number of benzene rings is 1. The minimum absolute atomic E-state index is 0.316. The molecule has 1 aromatic carbocycles. The van der Waals surface area contributed by atoms with Crippen LogP contribution in [0.5, 0.6) is 0 Å². The van der Waals surface area contributed by atoms with E-state index in [1.54, 1.807) is 6.20 Å². The number of nitrogens with one attached hydrogen (secondary N) is 1. The summed E-state index contributed by atoms with van der Waals surface area (Å²) in [5.74, 6) is 0.846. The van der Waals surface area contributed by atoms with Gasteiger partial charge >= 0.3 is 0 Å². The Morgan fingerprint density at radius 3 is 3.18 bits per heavy atom. The van der Waals surface area contributed by atoms with E-state index in [1.807, 2.05) is 18.2 Å². The Labute approximate surface area is 100 Å². The van der Waals surface area contributed by atoms with Crippen LogP contribution in [0.3, 0.4) is 0 Å². The van der Waals surface area contributed by atoms with Crippen LogP contribution in [0.2, 0.25) is 0 Å². The first kappa shape index (κ1) is 10.5. The average Bonchev–Trinajstić information content (AvgIpc) is 2.89. The third kappa shape index (κ3) is 2.22. The topological polar surface area (TPSA) is 47.0 Å². The Bertz CT molecular complexity index is 503. The molecular weight excluding hydrogens is 214 g/mol. The van der Waals surface area contributed by atoms with E-state index in [9.17, 15) is 0 Å². The Kier molecular flexibility index (Phi) is 2.88. The molecule has 1 fully saturated rings. The quantitative estimate of drug-likeness (QED) is 0.876. The number of ether oxygens (including phenoxy) is 1. The highest BCUT2D eigenvalue weighted by Gasteiger charge is 2.15. The summed E-state index contributed by atoms with van der Waals surface area (Å²) in [5, 5.41) is 13.7. The molecule has 4 nitrogen and oxygen atoms in total. The van der Waals surface area contributed by atoms with Gasteiger partial charge in [-0.25, -0.2) is 0 Å². The van der Waals surface area contributed by atoms with E-state index in [4.69, 9.17) is 4.74 Å². The minimum atomic E-state index is 0.316. The van der Waals surface area contributed by atoms with Gasteiger partial charge in [0.15, 0.2) is 5.82 Å². The first-order chi connectivity index (χ1) is 8.43. The fourth-order valence-electron chi connectivity index (χ4n) is 2.17. The lowest BCUT2D eigenvalue weighted by atomic mass is 10.2. The molecule has 1 aliphatic heterocycles. The van der Waals surface area contributed by atoms with Crippen molar-refractivity contribution in [2.45, 2.75) is 18.9 Å². The van der Waals surface area contributed by atoms with E-state index >= 15 is 0 Å². The van der Waals surface area contributed by atoms with Gasteiger partial charge in [-0.3, -0.25) is 0 Å². The third-order valence-electron chi connectivity index (χ3n) is 3.09. The van der Waals surface area contributed by atoms with Crippen molar-refractivity contribution in [2.75, 3.05) is 18.5 Å². The fourth-order valence-corrected chi connectivity index (χ4v) is 2.17. The minimum Gasteiger partial charge on any atom is -0.376 e. The summed E-state index contributed by atoms with van der Waals surface area (Å²) in [5.41, 5.74) is 0. The van der Waals surface area contributed by atoms with Gasteiger partial charge in [0.25, 0.3) is 0 Å². The average molecular weight is 229 g/mol. The molecule has 0 radical (unpaired) electrons. The Balaban J connectivity index is 1.79. The predicted octanol–water partition coefficient (Wildman–Crippen LogP) is 2.22. The molecule has 0 aliphatic carbocycles. The van der Waals surface area contributed by atoms with Crippen LogP contribution in [0.4, 0.5) is 5.82 Å². The maximum atomic E-state index is 5.58. The van der Waals surface area contributed by atoms with Crippen LogP contribution >= 0.6 is 0 Å². The summed E-state index contributed by atoms with van der Waals surface area (Å²) in [7, 11) is 0. The van der Waals surface area contributed by atoms with Crippen molar-refractivity contribution in [3.63, 3.8) is 0 Å². The molecule has 17 heavy (non-hydrogen) atoms. The lowest BCUT2D eigenvalue weighted by Gasteiger charge is -2.12. The first-order valence-electron chi connectivity index (χ1n) is 5.99. The van der Waals surface area contributed by atoms with Crippen molar-refractivity contribution in [1.82, 2.24) is 10.2 Å². The smallest absolute Gasteiger partial charge is 0.156 e. The second-order valence-electron chi connectivity index (χ2n) is 4.30. The summed E-state index contributed by atoms with van der Waals surface area (Å²) >= 11 is 0. The molecule has 1 atom stereocenters. The fraction of sp³-hybridized carbons (Fsp3) is 0.385.